The van der Waals surface area contributed by atoms with E-state index in [-0.39, 0.29) is 5.91 Å². The zero-order valence-corrected chi connectivity index (χ0v) is 11.3. The molecule has 0 saturated heterocycles. The molecule has 3 aromatic heterocycles. The smallest absolute Gasteiger partial charge is 0.224 e. The van der Waals surface area contributed by atoms with E-state index in [9.17, 15) is 4.79 Å². The van der Waals surface area contributed by atoms with E-state index < -0.39 is 0 Å². The fraction of sp³-hybridized carbons (Fsp3) is 0.143. The topological polar surface area (TPSA) is 57.8 Å². The molecule has 19 heavy (non-hydrogen) atoms. The van der Waals surface area contributed by atoms with Gasteiger partial charge in [-0.2, -0.15) is 0 Å². The molecular weight excluding hydrogens is 258 g/mol. The first-order valence-electron chi connectivity index (χ1n) is 6.09. The molecule has 0 bridgehead atoms. The van der Waals surface area contributed by atoms with E-state index in [1.165, 1.54) is 11.3 Å². The van der Waals surface area contributed by atoms with Gasteiger partial charge in [-0.25, -0.2) is 4.98 Å². The standard InChI is InChI=1S/C14H13N3OS/c1-2-12(18)17-13-6-9(8-19-13)11-7-16-14-10(11)4-3-5-15-14/h3-8H,2H2,1H3,(H,15,16)(H,17,18). The second kappa shape index (κ2) is 4.85. The average Bonchev–Trinajstić information content (AvgIpc) is 3.04. The van der Waals surface area contributed by atoms with Gasteiger partial charge in [0.1, 0.15) is 5.65 Å². The van der Waals surface area contributed by atoms with Gasteiger partial charge in [-0.1, -0.05) is 6.92 Å². The number of aromatic nitrogens is 2. The minimum atomic E-state index is 0.0361. The lowest BCUT2D eigenvalue weighted by atomic mass is 10.1. The maximum atomic E-state index is 11.4. The van der Waals surface area contributed by atoms with Crippen molar-refractivity contribution in [2.45, 2.75) is 13.3 Å². The summed E-state index contributed by atoms with van der Waals surface area (Å²) in [6, 6.07) is 5.95. The van der Waals surface area contributed by atoms with E-state index in [0.717, 1.165) is 27.2 Å². The van der Waals surface area contributed by atoms with E-state index in [4.69, 9.17) is 0 Å². The van der Waals surface area contributed by atoms with E-state index in [1.54, 1.807) is 6.20 Å². The molecule has 96 valence electrons. The molecule has 0 saturated carbocycles. The van der Waals surface area contributed by atoms with E-state index in [2.05, 4.69) is 15.3 Å². The Morgan fingerprint density at radius 2 is 2.42 bits per heavy atom. The number of carbonyl (C=O) groups excluding carboxylic acids is 1. The summed E-state index contributed by atoms with van der Waals surface area (Å²) in [6.45, 7) is 1.84. The van der Waals surface area contributed by atoms with Crippen LogP contribution < -0.4 is 5.32 Å². The Morgan fingerprint density at radius 1 is 1.53 bits per heavy atom. The molecule has 0 aliphatic rings. The maximum Gasteiger partial charge on any atom is 0.224 e. The van der Waals surface area contributed by atoms with Gasteiger partial charge in [0.25, 0.3) is 0 Å². The molecule has 0 aromatic carbocycles. The molecule has 0 radical (unpaired) electrons. The van der Waals surface area contributed by atoms with Crippen LogP contribution in [-0.4, -0.2) is 15.9 Å². The largest absolute Gasteiger partial charge is 0.346 e. The quantitative estimate of drug-likeness (QED) is 0.764. The number of aromatic amines is 1. The Labute approximate surface area is 114 Å². The van der Waals surface area contributed by atoms with Gasteiger partial charge in [0.15, 0.2) is 0 Å². The average molecular weight is 271 g/mol. The summed E-state index contributed by atoms with van der Waals surface area (Å²) in [7, 11) is 0. The van der Waals surface area contributed by atoms with Gasteiger partial charge >= 0.3 is 0 Å². The first-order valence-corrected chi connectivity index (χ1v) is 6.96. The van der Waals surface area contributed by atoms with Gasteiger partial charge in [0, 0.05) is 35.1 Å². The lowest BCUT2D eigenvalue weighted by Gasteiger charge is -1.97. The zero-order chi connectivity index (χ0) is 13.2. The van der Waals surface area contributed by atoms with Crippen molar-refractivity contribution in [3.8, 4) is 11.1 Å². The van der Waals surface area contributed by atoms with Crippen LogP contribution in [0.4, 0.5) is 5.00 Å². The molecular formula is C14H13N3OS. The van der Waals surface area contributed by atoms with Gasteiger partial charge in [-0.3, -0.25) is 4.79 Å². The molecule has 0 aliphatic carbocycles. The van der Waals surface area contributed by atoms with Crippen molar-refractivity contribution in [2.75, 3.05) is 5.32 Å². The van der Waals surface area contributed by atoms with Crippen molar-refractivity contribution < 1.29 is 4.79 Å². The predicted octanol–water partition coefficient (Wildman–Crippen LogP) is 3.64. The maximum absolute atomic E-state index is 11.4. The van der Waals surface area contributed by atoms with Crippen LogP contribution in [0.3, 0.4) is 0 Å². The molecule has 1 amide bonds. The summed E-state index contributed by atoms with van der Waals surface area (Å²) < 4.78 is 0. The molecule has 0 fully saturated rings. The third-order valence-electron chi connectivity index (χ3n) is 2.95. The number of fused-ring (bicyclic) bond motifs is 1. The molecule has 4 nitrogen and oxygen atoms in total. The summed E-state index contributed by atoms with van der Waals surface area (Å²) in [5.74, 6) is 0.0361. The molecule has 5 heteroatoms. The molecule has 3 aromatic rings. The van der Waals surface area contributed by atoms with Crippen molar-refractivity contribution >= 4 is 33.3 Å². The van der Waals surface area contributed by atoms with Crippen LogP contribution in [0.1, 0.15) is 13.3 Å². The Balaban J connectivity index is 1.96. The number of nitrogens with one attached hydrogen (secondary N) is 2. The summed E-state index contributed by atoms with van der Waals surface area (Å²) in [6.07, 6.45) is 4.21. The van der Waals surface area contributed by atoms with Crippen molar-refractivity contribution in [3.63, 3.8) is 0 Å². The monoisotopic (exact) mass is 271 g/mol. The van der Waals surface area contributed by atoms with Crippen molar-refractivity contribution in [1.29, 1.82) is 0 Å². The van der Waals surface area contributed by atoms with Crippen LogP contribution in [0, 0.1) is 0 Å². The number of hydrogen-bond acceptors (Lipinski definition) is 3. The first kappa shape index (κ1) is 11.9. The number of rotatable bonds is 3. The van der Waals surface area contributed by atoms with Crippen LogP contribution in [0.15, 0.2) is 36.0 Å². The number of hydrogen-bond donors (Lipinski definition) is 2. The number of anilines is 1. The molecule has 0 atom stereocenters. The van der Waals surface area contributed by atoms with Crippen LogP contribution in [-0.2, 0) is 4.79 Å². The highest BCUT2D eigenvalue weighted by Crippen LogP contribution is 2.33. The van der Waals surface area contributed by atoms with Crippen molar-refractivity contribution in [1.82, 2.24) is 9.97 Å². The minimum Gasteiger partial charge on any atom is -0.346 e. The Bertz CT molecular complexity index is 729. The highest BCUT2D eigenvalue weighted by atomic mass is 32.1. The molecule has 0 unspecified atom stereocenters. The third kappa shape index (κ3) is 2.24. The van der Waals surface area contributed by atoms with Crippen molar-refractivity contribution in [3.05, 3.63) is 36.0 Å². The van der Waals surface area contributed by atoms with Gasteiger partial charge in [0.2, 0.25) is 5.91 Å². The van der Waals surface area contributed by atoms with Gasteiger partial charge in [0.05, 0.1) is 5.00 Å². The van der Waals surface area contributed by atoms with E-state index in [0.29, 0.717) is 6.42 Å². The number of amides is 1. The van der Waals surface area contributed by atoms with Crippen LogP contribution >= 0.6 is 11.3 Å². The first-order chi connectivity index (χ1) is 9.28. The normalized spacial score (nSPS) is 10.8. The zero-order valence-electron chi connectivity index (χ0n) is 10.4. The Morgan fingerprint density at radius 3 is 3.26 bits per heavy atom. The molecule has 3 heterocycles. The van der Waals surface area contributed by atoms with Crippen LogP contribution in [0.2, 0.25) is 0 Å². The molecule has 2 N–H and O–H groups in total. The van der Waals surface area contributed by atoms with E-state index in [1.807, 2.05) is 36.7 Å². The van der Waals surface area contributed by atoms with Crippen LogP contribution in [0.5, 0.6) is 0 Å². The molecule has 0 aliphatic heterocycles. The summed E-state index contributed by atoms with van der Waals surface area (Å²) in [4.78, 5) is 18.8. The van der Waals surface area contributed by atoms with Crippen molar-refractivity contribution in [2.24, 2.45) is 0 Å². The SMILES string of the molecule is CCC(=O)Nc1cc(-c2c[nH]c3ncccc23)cs1. The number of pyridine rings is 1. The lowest BCUT2D eigenvalue weighted by molar-refractivity contribution is -0.115. The fourth-order valence-electron chi connectivity index (χ4n) is 1.96. The van der Waals surface area contributed by atoms with Crippen LogP contribution in [0.25, 0.3) is 22.2 Å². The number of thiophene rings is 1. The second-order valence-electron chi connectivity index (χ2n) is 4.20. The highest BCUT2D eigenvalue weighted by molar-refractivity contribution is 7.14. The molecule has 0 spiro atoms. The molecule has 3 rings (SSSR count). The minimum absolute atomic E-state index is 0.0361. The fourth-order valence-corrected chi connectivity index (χ4v) is 2.78. The van der Waals surface area contributed by atoms with Gasteiger partial charge in [-0.15, -0.1) is 11.3 Å². The Hall–Kier alpha value is -2.14. The third-order valence-corrected chi connectivity index (χ3v) is 3.79. The second-order valence-corrected chi connectivity index (χ2v) is 5.11. The number of carbonyl (C=O) groups is 1. The predicted molar refractivity (Wildman–Crippen MR) is 78.3 cm³/mol. The number of H-pyrrole nitrogens is 1. The summed E-state index contributed by atoms with van der Waals surface area (Å²) in [5.41, 5.74) is 3.08. The van der Waals surface area contributed by atoms with Gasteiger partial charge in [-0.05, 0) is 23.8 Å². The summed E-state index contributed by atoms with van der Waals surface area (Å²) in [5, 5.41) is 6.88. The highest BCUT2D eigenvalue weighted by Gasteiger charge is 2.09. The van der Waals surface area contributed by atoms with Gasteiger partial charge < -0.3 is 10.3 Å². The number of nitrogens with zero attached hydrogens (tertiary/aromatic N) is 1. The van der Waals surface area contributed by atoms with E-state index >= 15 is 0 Å². The Kier molecular flexibility index (Phi) is 3.05. The lowest BCUT2D eigenvalue weighted by Crippen LogP contribution is -2.07. The summed E-state index contributed by atoms with van der Waals surface area (Å²) >= 11 is 1.53.